The molecule has 1 N–H and O–H groups in total. The van der Waals surface area contributed by atoms with Crippen molar-refractivity contribution in [1.82, 2.24) is 15.1 Å². The zero-order valence-electron chi connectivity index (χ0n) is 28.8. The van der Waals surface area contributed by atoms with Gasteiger partial charge in [-0.1, -0.05) is 50.3 Å². The van der Waals surface area contributed by atoms with Crippen molar-refractivity contribution in [2.24, 2.45) is 5.92 Å². The van der Waals surface area contributed by atoms with Crippen molar-refractivity contribution >= 4 is 41.5 Å². The predicted octanol–water partition coefficient (Wildman–Crippen LogP) is 6.49. The molecular weight excluding hydrogens is 607 g/mol. The van der Waals surface area contributed by atoms with Crippen LogP contribution in [0.25, 0.3) is 0 Å². The first-order valence-electron chi connectivity index (χ1n) is 16.2. The van der Waals surface area contributed by atoms with E-state index in [9.17, 15) is 14.4 Å². The monoisotopic (exact) mass is 661 g/mol. The van der Waals surface area contributed by atoms with Gasteiger partial charge in [0, 0.05) is 18.8 Å². The number of carbonyl (C=O) groups excluding carboxylic acids is 3. The van der Waals surface area contributed by atoms with E-state index in [1.165, 1.54) is 18.2 Å². The van der Waals surface area contributed by atoms with E-state index < -0.39 is 17.6 Å². The highest BCUT2D eigenvalue weighted by atomic mass is 32.2. The third kappa shape index (κ3) is 11.0. The Labute approximate surface area is 279 Å². The maximum absolute atomic E-state index is 13.7. The number of methoxy groups -OCH3 is 1. The first-order valence-corrected chi connectivity index (χ1v) is 18.6. The van der Waals surface area contributed by atoms with Crippen LogP contribution >= 0.6 is 23.5 Å². The minimum absolute atomic E-state index is 0.102. The highest BCUT2D eigenvalue weighted by molar-refractivity contribution is 8.00. The highest BCUT2D eigenvalue weighted by Gasteiger charge is 2.44. The summed E-state index contributed by atoms with van der Waals surface area (Å²) in [7, 11) is 1.36. The van der Waals surface area contributed by atoms with Crippen LogP contribution in [0.1, 0.15) is 84.8 Å². The van der Waals surface area contributed by atoms with E-state index in [0.717, 1.165) is 37.3 Å². The minimum Gasteiger partial charge on any atom is -0.467 e. The van der Waals surface area contributed by atoms with E-state index >= 15 is 0 Å². The van der Waals surface area contributed by atoms with Gasteiger partial charge in [-0.25, -0.2) is 9.59 Å². The fourth-order valence-electron chi connectivity index (χ4n) is 6.01. The molecule has 0 saturated carbocycles. The molecule has 252 valence electrons. The third-order valence-electron chi connectivity index (χ3n) is 8.50. The van der Waals surface area contributed by atoms with Crippen molar-refractivity contribution in [3.05, 3.63) is 47.5 Å². The second-order valence-electron chi connectivity index (χ2n) is 14.0. The third-order valence-corrected chi connectivity index (χ3v) is 10.6. The summed E-state index contributed by atoms with van der Waals surface area (Å²) in [6.07, 6.45) is 9.04. The van der Waals surface area contributed by atoms with Crippen LogP contribution < -0.4 is 5.32 Å². The number of ether oxygens (including phenoxy) is 2. The number of nitrogens with one attached hydrogen (secondary N) is 1. The van der Waals surface area contributed by atoms with Crippen LogP contribution in [0.3, 0.4) is 0 Å². The number of aryl methyl sites for hydroxylation is 1. The van der Waals surface area contributed by atoms with Gasteiger partial charge in [0.25, 0.3) is 0 Å². The van der Waals surface area contributed by atoms with E-state index in [1.807, 2.05) is 45.8 Å². The van der Waals surface area contributed by atoms with Gasteiger partial charge in [-0.15, -0.1) is 11.8 Å². The molecule has 0 bridgehead atoms. The number of benzene rings is 1. The Morgan fingerprint density at radius 3 is 2.47 bits per heavy atom. The first-order chi connectivity index (χ1) is 21.1. The van der Waals surface area contributed by atoms with Gasteiger partial charge >= 0.3 is 12.1 Å². The molecule has 2 aliphatic rings. The van der Waals surface area contributed by atoms with Crippen LogP contribution in [0.15, 0.2) is 36.4 Å². The summed E-state index contributed by atoms with van der Waals surface area (Å²) in [6.45, 7) is 15.5. The molecule has 8 nitrogen and oxygen atoms in total. The van der Waals surface area contributed by atoms with Crippen molar-refractivity contribution < 1.29 is 23.9 Å². The quantitative estimate of drug-likeness (QED) is 0.190. The van der Waals surface area contributed by atoms with Crippen molar-refractivity contribution in [3.63, 3.8) is 0 Å². The Hall–Kier alpha value is -2.17. The molecule has 2 fully saturated rings. The van der Waals surface area contributed by atoms with E-state index in [4.69, 9.17) is 9.47 Å². The molecule has 0 aromatic heterocycles. The lowest BCUT2D eigenvalue weighted by molar-refractivity contribution is -0.145. The number of likely N-dealkylation sites (tertiary alicyclic amines) is 1. The van der Waals surface area contributed by atoms with Crippen LogP contribution in [0, 0.1) is 5.92 Å². The molecule has 2 saturated heterocycles. The molecular formula is C35H55N3O5S2. The van der Waals surface area contributed by atoms with Crippen molar-refractivity contribution in [1.29, 1.82) is 0 Å². The van der Waals surface area contributed by atoms with Crippen LogP contribution in [-0.2, 0) is 25.5 Å². The van der Waals surface area contributed by atoms with Gasteiger partial charge in [-0.05, 0) is 95.3 Å². The molecule has 0 radical (unpaired) electrons. The summed E-state index contributed by atoms with van der Waals surface area (Å²) in [6, 6.07) is 7.76. The normalized spacial score (nSPS) is 22.6. The van der Waals surface area contributed by atoms with E-state index in [2.05, 4.69) is 60.5 Å². The molecule has 45 heavy (non-hydrogen) atoms. The second-order valence-corrected chi connectivity index (χ2v) is 16.6. The lowest BCUT2D eigenvalue weighted by Crippen LogP contribution is -2.50. The van der Waals surface area contributed by atoms with Gasteiger partial charge in [-0.3, -0.25) is 14.6 Å². The standard InChI is InChI=1S/C35H55N3O5S2/c1-24(2)27-16-14-25(15-17-27)12-13-26-21-30(31(39)36-29(18-20-44-9)32(40)42-8)37(22-26)19-10-11-28-23-45-35(6,7)38(28)33(41)43-34(3,4)5/h10-11,14-17,24,26,28-30H,12-13,18-23H2,1-9H3,(H,36,39)/b11-10+/t26-,28-,29+,30+/m1/s1. The van der Waals surface area contributed by atoms with E-state index in [-0.39, 0.29) is 29.0 Å². The molecule has 4 atom stereocenters. The molecule has 0 spiro atoms. The fraction of sp³-hybridized carbons (Fsp3) is 0.686. The molecule has 2 heterocycles. The second kappa shape index (κ2) is 16.6. The number of amides is 2. The van der Waals surface area contributed by atoms with Gasteiger partial charge in [0.15, 0.2) is 0 Å². The Balaban J connectivity index is 1.73. The molecule has 1 aromatic carbocycles. The van der Waals surface area contributed by atoms with Crippen LogP contribution in [0.5, 0.6) is 0 Å². The van der Waals surface area contributed by atoms with Gasteiger partial charge in [0.2, 0.25) is 5.91 Å². The van der Waals surface area contributed by atoms with Crippen LogP contribution in [0.2, 0.25) is 0 Å². The van der Waals surface area contributed by atoms with Crippen molar-refractivity contribution in [2.75, 3.05) is 38.0 Å². The van der Waals surface area contributed by atoms with Crippen LogP contribution in [-0.4, -0.2) is 94.3 Å². The number of hydrogen-bond acceptors (Lipinski definition) is 8. The van der Waals surface area contributed by atoms with Crippen molar-refractivity contribution in [3.8, 4) is 0 Å². The Morgan fingerprint density at radius 2 is 1.87 bits per heavy atom. The number of thioether (sulfide) groups is 2. The summed E-state index contributed by atoms with van der Waals surface area (Å²) in [5, 5.41) is 3.01. The largest absolute Gasteiger partial charge is 0.467 e. The van der Waals surface area contributed by atoms with Crippen molar-refractivity contribution in [2.45, 2.75) is 109 Å². The summed E-state index contributed by atoms with van der Waals surface area (Å²) in [5.74, 6) is 1.84. The maximum atomic E-state index is 13.7. The van der Waals surface area contributed by atoms with Gasteiger partial charge in [0.1, 0.15) is 11.6 Å². The van der Waals surface area contributed by atoms with Gasteiger partial charge in [0.05, 0.1) is 24.1 Å². The highest BCUT2D eigenvalue weighted by Crippen LogP contribution is 2.40. The maximum Gasteiger partial charge on any atom is 0.411 e. The summed E-state index contributed by atoms with van der Waals surface area (Å²) >= 11 is 3.37. The Kier molecular flexibility index (Phi) is 13.7. The number of carbonyl (C=O) groups is 3. The molecule has 10 heteroatoms. The summed E-state index contributed by atoms with van der Waals surface area (Å²) in [5.41, 5.74) is 2.07. The smallest absolute Gasteiger partial charge is 0.411 e. The molecule has 3 rings (SSSR count). The van der Waals surface area contributed by atoms with Gasteiger partial charge < -0.3 is 14.8 Å². The average molecular weight is 662 g/mol. The zero-order chi connectivity index (χ0) is 33.4. The summed E-state index contributed by atoms with van der Waals surface area (Å²) < 4.78 is 10.7. The minimum atomic E-state index is -0.661. The summed E-state index contributed by atoms with van der Waals surface area (Å²) in [4.78, 5) is 43.0. The SMILES string of the molecule is COC(=O)[C@H](CCSC)NC(=O)[C@@H]1C[C@@H](CCc2ccc(C(C)C)cc2)CN1C/C=C/[C@@H]1CSC(C)(C)N1C(=O)OC(C)(C)C. The molecule has 0 aliphatic carbocycles. The number of nitrogens with zero attached hydrogens (tertiary/aromatic N) is 2. The number of hydrogen-bond donors (Lipinski definition) is 1. The lowest BCUT2D eigenvalue weighted by Gasteiger charge is -2.35. The van der Waals surface area contributed by atoms with E-state index in [0.29, 0.717) is 24.8 Å². The Bertz CT molecular complexity index is 1160. The number of esters is 1. The lowest BCUT2D eigenvalue weighted by atomic mass is 9.95. The zero-order valence-corrected chi connectivity index (χ0v) is 30.4. The molecule has 0 unspecified atom stereocenters. The molecule has 1 aromatic rings. The van der Waals surface area contributed by atoms with Crippen LogP contribution in [0.4, 0.5) is 4.79 Å². The topological polar surface area (TPSA) is 88.2 Å². The Morgan fingerprint density at radius 1 is 1.18 bits per heavy atom. The van der Waals surface area contributed by atoms with E-state index in [1.54, 1.807) is 23.5 Å². The predicted molar refractivity (Wildman–Crippen MR) is 187 cm³/mol. The number of rotatable bonds is 13. The molecule has 2 aliphatic heterocycles. The first kappa shape index (κ1) is 37.3. The van der Waals surface area contributed by atoms with Gasteiger partial charge in [-0.2, -0.15) is 11.8 Å². The molecule has 2 amide bonds. The average Bonchev–Trinajstić information content (AvgIpc) is 3.52. The fourth-order valence-corrected chi connectivity index (χ4v) is 7.67.